The van der Waals surface area contributed by atoms with Gasteiger partial charge in [0.25, 0.3) is 0 Å². The molecule has 5 heterocycles. The Kier molecular flexibility index (Phi) is 3.34. The molecule has 122 valence electrons. The summed E-state index contributed by atoms with van der Waals surface area (Å²) in [5.74, 6) is 3.27. The summed E-state index contributed by atoms with van der Waals surface area (Å²) in [6.07, 6.45) is 3.70. The lowest BCUT2D eigenvalue weighted by atomic mass is 10.1. The van der Waals surface area contributed by atoms with E-state index in [9.17, 15) is 0 Å². The largest absolute Gasteiger partial charge is 0.485 e. The van der Waals surface area contributed by atoms with Gasteiger partial charge in [-0.25, -0.2) is 0 Å². The number of hydrogen-bond donors (Lipinski definition) is 0. The number of hydrogen-bond acceptors (Lipinski definition) is 7. The van der Waals surface area contributed by atoms with E-state index in [1.54, 1.807) is 22.7 Å². The number of rotatable bonds is 2. The van der Waals surface area contributed by atoms with Gasteiger partial charge in [-0.2, -0.15) is 0 Å². The van der Waals surface area contributed by atoms with Crippen LogP contribution in [0.2, 0.25) is 0 Å². The molecular formula is C17H13NO4S2. The molecule has 2 aliphatic heterocycles. The highest BCUT2D eigenvalue weighted by Crippen LogP contribution is 2.48. The van der Waals surface area contributed by atoms with Crippen LogP contribution in [-0.2, 0) is 0 Å². The standard InChI is InChI=1S/C17H13NO4S2/c1-3-21-14-12(19-1)8-23-16(14)10-5-11(7-18-6-10)17-15-13(9-24-17)20-2-4-22-15/h5-9H,1-4H2. The zero-order valence-corrected chi connectivity index (χ0v) is 14.2. The molecule has 2 aliphatic rings. The fourth-order valence-corrected chi connectivity index (χ4v) is 4.64. The summed E-state index contributed by atoms with van der Waals surface area (Å²) >= 11 is 3.22. The maximum Gasteiger partial charge on any atom is 0.180 e. The van der Waals surface area contributed by atoms with Crippen molar-refractivity contribution < 1.29 is 18.9 Å². The third-order valence-electron chi connectivity index (χ3n) is 3.86. The molecule has 7 heteroatoms. The topological polar surface area (TPSA) is 49.8 Å². The molecule has 0 aromatic carbocycles. The highest BCUT2D eigenvalue weighted by Gasteiger charge is 2.23. The van der Waals surface area contributed by atoms with Crippen molar-refractivity contribution in [3.05, 3.63) is 29.2 Å². The molecule has 0 saturated heterocycles. The van der Waals surface area contributed by atoms with Gasteiger partial charge in [0.2, 0.25) is 0 Å². The summed E-state index contributed by atoms with van der Waals surface area (Å²) in [5, 5.41) is 3.97. The molecule has 0 fully saturated rings. The van der Waals surface area contributed by atoms with E-state index in [4.69, 9.17) is 18.9 Å². The van der Waals surface area contributed by atoms with Gasteiger partial charge in [-0.3, -0.25) is 4.98 Å². The van der Waals surface area contributed by atoms with Crippen molar-refractivity contribution in [1.29, 1.82) is 0 Å². The maximum atomic E-state index is 5.79. The quantitative estimate of drug-likeness (QED) is 0.690. The van der Waals surface area contributed by atoms with Gasteiger partial charge in [0.05, 0.1) is 9.75 Å². The second-order valence-electron chi connectivity index (χ2n) is 5.37. The maximum absolute atomic E-state index is 5.79. The van der Waals surface area contributed by atoms with Gasteiger partial charge >= 0.3 is 0 Å². The average Bonchev–Trinajstić information content (AvgIpc) is 3.26. The number of fused-ring (bicyclic) bond motifs is 2. The summed E-state index contributed by atoms with van der Waals surface area (Å²) in [4.78, 5) is 6.50. The summed E-state index contributed by atoms with van der Waals surface area (Å²) in [6, 6.07) is 2.11. The first kappa shape index (κ1) is 14.1. The fraction of sp³-hybridized carbons (Fsp3) is 0.235. The average molecular weight is 359 g/mol. The normalized spacial score (nSPS) is 15.3. The molecule has 0 aliphatic carbocycles. The Hall–Kier alpha value is -2.25. The van der Waals surface area contributed by atoms with E-state index in [1.807, 2.05) is 23.2 Å². The van der Waals surface area contributed by atoms with Crippen LogP contribution in [0.3, 0.4) is 0 Å². The van der Waals surface area contributed by atoms with Crippen molar-refractivity contribution in [2.24, 2.45) is 0 Å². The molecule has 0 spiro atoms. The number of thiophene rings is 2. The molecule has 0 amide bonds. The van der Waals surface area contributed by atoms with Gasteiger partial charge in [0.1, 0.15) is 26.4 Å². The van der Waals surface area contributed by atoms with Crippen molar-refractivity contribution in [2.45, 2.75) is 0 Å². The van der Waals surface area contributed by atoms with Crippen LogP contribution in [0.4, 0.5) is 0 Å². The Bertz CT molecular complexity index is 832. The second-order valence-corrected chi connectivity index (χ2v) is 7.13. The van der Waals surface area contributed by atoms with Gasteiger partial charge in [0, 0.05) is 34.3 Å². The highest BCUT2D eigenvalue weighted by molar-refractivity contribution is 7.14. The van der Waals surface area contributed by atoms with Crippen molar-refractivity contribution in [2.75, 3.05) is 26.4 Å². The first-order valence-electron chi connectivity index (χ1n) is 7.60. The predicted molar refractivity (Wildman–Crippen MR) is 92.8 cm³/mol. The SMILES string of the molecule is c1ncc(-c2scc3c2OCCO3)cc1-c1scc2c1OCCO2. The van der Waals surface area contributed by atoms with Crippen LogP contribution in [0.5, 0.6) is 23.0 Å². The third-order valence-corrected chi connectivity index (χ3v) is 5.84. The molecule has 3 aromatic heterocycles. The van der Waals surface area contributed by atoms with Crippen LogP contribution in [0.25, 0.3) is 20.9 Å². The fourth-order valence-electron chi connectivity index (χ4n) is 2.81. The monoisotopic (exact) mass is 359 g/mol. The van der Waals surface area contributed by atoms with Gasteiger partial charge in [-0.15, -0.1) is 22.7 Å². The molecule has 0 bridgehead atoms. The third kappa shape index (κ3) is 2.23. The number of ether oxygens (including phenoxy) is 4. The van der Waals surface area contributed by atoms with Crippen molar-refractivity contribution >= 4 is 22.7 Å². The van der Waals surface area contributed by atoms with Gasteiger partial charge in [-0.1, -0.05) is 0 Å². The molecule has 0 saturated carbocycles. The Morgan fingerprint density at radius 2 is 1.21 bits per heavy atom. The van der Waals surface area contributed by atoms with Crippen molar-refractivity contribution in [1.82, 2.24) is 4.98 Å². The minimum atomic E-state index is 0.577. The van der Waals surface area contributed by atoms with Gasteiger partial charge in [-0.05, 0) is 6.07 Å². The summed E-state index contributed by atoms with van der Waals surface area (Å²) in [6.45, 7) is 2.35. The molecule has 5 rings (SSSR count). The van der Waals surface area contributed by atoms with Crippen LogP contribution >= 0.6 is 22.7 Å². The van der Waals surface area contributed by atoms with E-state index < -0.39 is 0 Å². The molecular weight excluding hydrogens is 346 g/mol. The minimum Gasteiger partial charge on any atom is -0.485 e. The predicted octanol–water partition coefficient (Wildman–Crippen LogP) is 4.08. The van der Waals surface area contributed by atoms with E-state index in [-0.39, 0.29) is 0 Å². The molecule has 0 N–H and O–H groups in total. The summed E-state index contributed by atoms with van der Waals surface area (Å²) in [5.41, 5.74) is 2.03. The van der Waals surface area contributed by atoms with E-state index in [0.29, 0.717) is 26.4 Å². The first-order valence-corrected chi connectivity index (χ1v) is 9.36. The first-order chi connectivity index (χ1) is 11.9. The van der Waals surface area contributed by atoms with E-state index >= 15 is 0 Å². The number of nitrogens with zero attached hydrogens (tertiary/aromatic N) is 1. The molecule has 0 atom stereocenters. The molecule has 0 unspecified atom stereocenters. The van der Waals surface area contributed by atoms with Crippen LogP contribution < -0.4 is 18.9 Å². The smallest absolute Gasteiger partial charge is 0.180 e. The van der Waals surface area contributed by atoms with E-state index in [1.165, 1.54) is 0 Å². The minimum absolute atomic E-state index is 0.577. The lowest BCUT2D eigenvalue weighted by Crippen LogP contribution is -2.14. The Labute approximate surface area is 146 Å². The lowest BCUT2D eigenvalue weighted by molar-refractivity contribution is 0.174. The Morgan fingerprint density at radius 1 is 0.708 bits per heavy atom. The van der Waals surface area contributed by atoms with Crippen molar-refractivity contribution in [3.8, 4) is 43.9 Å². The zero-order chi connectivity index (χ0) is 15.9. The van der Waals surface area contributed by atoms with E-state index in [0.717, 1.165) is 43.9 Å². The summed E-state index contributed by atoms with van der Waals surface area (Å²) in [7, 11) is 0. The van der Waals surface area contributed by atoms with Crippen LogP contribution in [-0.4, -0.2) is 31.4 Å². The lowest BCUT2D eigenvalue weighted by Gasteiger charge is -2.17. The Morgan fingerprint density at radius 3 is 1.75 bits per heavy atom. The van der Waals surface area contributed by atoms with E-state index in [2.05, 4.69) is 11.1 Å². The highest BCUT2D eigenvalue weighted by atomic mass is 32.1. The Balaban J connectivity index is 1.58. The van der Waals surface area contributed by atoms with Crippen molar-refractivity contribution in [3.63, 3.8) is 0 Å². The van der Waals surface area contributed by atoms with Crippen LogP contribution in [0.15, 0.2) is 29.2 Å². The summed E-state index contributed by atoms with van der Waals surface area (Å²) < 4.78 is 22.8. The second kappa shape index (κ2) is 5.68. The number of pyridine rings is 1. The van der Waals surface area contributed by atoms with Gasteiger partial charge in [0.15, 0.2) is 23.0 Å². The number of aromatic nitrogens is 1. The van der Waals surface area contributed by atoms with Crippen LogP contribution in [0.1, 0.15) is 0 Å². The molecule has 3 aromatic rings. The molecule has 0 radical (unpaired) electrons. The molecule has 5 nitrogen and oxygen atoms in total. The zero-order valence-electron chi connectivity index (χ0n) is 12.6. The molecule has 24 heavy (non-hydrogen) atoms. The van der Waals surface area contributed by atoms with Gasteiger partial charge < -0.3 is 18.9 Å². The van der Waals surface area contributed by atoms with Crippen LogP contribution in [0, 0.1) is 0 Å².